The molecular formula is C12H18FN. The summed E-state index contributed by atoms with van der Waals surface area (Å²) in [7, 11) is 0. The van der Waals surface area contributed by atoms with Gasteiger partial charge in [0.15, 0.2) is 0 Å². The van der Waals surface area contributed by atoms with Crippen LogP contribution in [0.2, 0.25) is 0 Å². The molecule has 0 heterocycles. The van der Waals surface area contributed by atoms with Crippen molar-refractivity contribution in [3.05, 3.63) is 35.6 Å². The highest BCUT2D eigenvalue weighted by Crippen LogP contribution is 2.16. The Morgan fingerprint density at radius 1 is 1.29 bits per heavy atom. The minimum absolute atomic E-state index is 0.0751. The first kappa shape index (κ1) is 11.2. The molecule has 0 radical (unpaired) electrons. The molecule has 0 aliphatic rings. The number of hydrogen-bond donors (Lipinski definition) is 1. The first-order valence-corrected chi connectivity index (χ1v) is 5.15. The van der Waals surface area contributed by atoms with E-state index < -0.39 is 0 Å². The second kappa shape index (κ2) is 5.11. The van der Waals surface area contributed by atoms with Gasteiger partial charge in [0.2, 0.25) is 0 Å². The van der Waals surface area contributed by atoms with Crippen LogP contribution in [0.15, 0.2) is 24.3 Å². The van der Waals surface area contributed by atoms with E-state index in [1.54, 1.807) is 6.07 Å². The van der Waals surface area contributed by atoms with Crippen LogP contribution in [-0.4, -0.2) is 6.04 Å². The third-order valence-electron chi connectivity index (χ3n) is 2.52. The number of nitrogens with one attached hydrogen (secondary N) is 1. The van der Waals surface area contributed by atoms with Crippen molar-refractivity contribution < 1.29 is 4.39 Å². The van der Waals surface area contributed by atoms with Gasteiger partial charge in [0.25, 0.3) is 0 Å². The molecule has 78 valence electrons. The maximum absolute atomic E-state index is 13.4. The molecule has 0 aliphatic heterocycles. The first-order valence-electron chi connectivity index (χ1n) is 5.15. The standard InChI is InChI=1S/C12H18FN/c1-4-9(2)14-10(3)11-7-5-6-8-12(11)13/h5-10,14H,4H2,1-3H3. The second-order valence-electron chi connectivity index (χ2n) is 3.72. The third-order valence-corrected chi connectivity index (χ3v) is 2.52. The van der Waals surface area contributed by atoms with Gasteiger partial charge in [0, 0.05) is 17.6 Å². The summed E-state index contributed by atoms with van der Waals surface area (Å²) in [6, 6.07) is 7.41. The van der Waals surface area contributed by atoms with Crippen LogP contribution in [0.25, 0.3) is 0 Å². The monoisotopic (exact) mass is 195 g/mol. The maximum Gasteiger partial charge on any atom is 0.127 e. The zero-order valence-electron chi connectivity index (χ0n) is 9.05. The van der Waals surface area contributed by atoms with E-state index in [-0.39, 0.29) is 11.9 Å². The fourth-order valence-electron chi connectivity index (χ4n) is 1.46. The molecule has 1 aromatic rings. The molecule has 0 amide bonds. The Balaban J connectivity index is 2.69. The highest BCUT2D eigenvalue weighted by molar-refractivity contribution is 5.20. The first-order chi connectivity index (χ1) is 6.65. The molecule has 1 aromatic carbocycles. The summed E-state index contributed by atoms with van der Waals surface area (Å²) in [6.07, 6.45) is 1.05. The molecule has 1 rings (SSSR count). The Hall–Kier alpha value is -0.890. The van der Waals surface area contributed by atoms with E-state index in [0.29, 0.717) is 6.04 Å². The van der Waals surface area contributed by atoms with Crippen LogP contribution in [0.4, 0.5) is 4.39 Å². The van der Waals surface area contributed by atoms with Crippen molar-refractivity contribution in [1.29, 1.82) is 0 Å². The minimum atomic E-state index is -0.129. The van der Waals surface area contributed by atoms with E-state index in [4.69, 9.17) is 0 Å². The SMILES string of the molecule is CCC(C)NC(C)c1ccccc1F. The van der Waals surface area contributed by atoms with E-state index in [1.807, 2.05) is 19.1 Å². The lowest BCUT2D eigenvalue weighted by molar-refractivity contribution is 0.454. The van der Waals surface area contributed by atoms with Gasteiger partial charge in [-0.2, -0.15) is 0 Å². The maximum atomic E-state index is 13.4. The fraction of sp³-hybridized carbons (Fsp3) is 0.500. The average molecular weight is 195 g/mol. The van der Waals surface area contributed by atoms with Gasteiger partial charge in [0.1, 0.15) is 5.82 Å². The molecule has 0 fully saturated rings. The van der Waals surface area contributed by atoms with Gasteiger partial charge >= 0.3 is 0 Å². The van der Waals surface area contributed by atoms with Crippen molar-refractivity contribution in [2.24, 2.45) is 0 Å². The molecule has 2 heteroatoms. The van der Waals surface area contributed by atoms with Gasteiger partial charge in [-0.05, 0) is 26.3 Å². The average Bonchev–Trinajstić information content (AvgIpc) is 2.18. The largest absolute Gasteiger partial charge is 0.308 e. The lowest BCUT2D eigenvalue weighted by Gasteiger charge is -2.19. The summed E-state index contributed by atoms with van der Waals surface area (Å²) in [5, 5.41) is 3.35. The molecule has 0 aromatic heterocycles. The van der Waals surface area contributed by atoms with Crippen molar-refractivity contribution in [3.63, 3.8) is 0 Å². The van der Waals surface area contributed by atoms with Crippen LogP contribution >= 0.6 is 0 Å². The Labute approximate surface area is 85.3 Å². The van der Waals surface area contributed by atoms with Gasteiger partial charge in [-0.25, -0.2) is 4.39 Å². The van der Waals surface area contributed by atoms with E-state index in [1.165, 1.54) is 6.07 Å². The topological polar surface area (TPSA) is 12.0 Å². The molecule has 0 saturated carbocycles. The number of halogens is 1. The van der Waals surface area contributed by atoms with Crippen LogP contribution in [0.3, 0.4) is 0 Å². The van der Waals surface area contributed by atoms with Crippen LogP contribution in [-0.2, 0) is 0 Å². The van der Waals surface area contributed by atoms with E-state index in [9.17, 15) is 4.39 Å². The van der Waals surface area contributed by atoms with Gasteiger partial charge in [-0.3, -0.25) is 0 Å². The predicted molar refractivity (Wildman–Crippen MR) is 57.7 cm³/mol. The Morgan fingerprint density at radius 2 is 1.93 bits per heavy atom. The summed E-state index contributed by atoms with van der Waals surface area (Å²) in [6.45, 7) is 6.22. The molecule has 1 N–H and O–H groups in total. The molecule has 2 unspecified atom stereocenters. The minimum Gasteiger partial charge on any atom is -0.308 e. The molecule has 0 saturated heterocycles. The Morgan fingerprint density at radius 3 is 2.50 bits per heavy atom. The predicted octanol–water partition coefficient (Wildman–Crippen LogP) is 3.27. The van der Waals surface area contributed by atoms with Gasteiger partial charge < -0.3 is 5.32 Å². The Bertz CT molecular complexity index is 285. The van der Waals surface area contributed by atoms with Crippen molar-refractivity contribution in [2.75, 3.05) is 0 Å². The Kier molecular flexibility index (Phi) is 4.08. The fourth-order valence-corrected chi connectivity index (χ4v) is 1.46. The lowest BCUT2D eigenvalue weighted by Crippen LogP contribution is -2.28. The van der Waals surface area contributed by atoms with Crippen LogP contribution in [0.1, 0.15) is 38.8 Å². The highest BCUT2D eigenvalue weighted by atomic mass is 19.1. The van der Waals surface area contributed by atoms with Gasteiger partial charge in [0.05, 0.1) is 0 Å². The quantitative estimate of drug-likeness (QED) is 0.777. The molecule has 0 spiro atoms. The molecule has 2 atom stereocenters. The van der Waals surface area contributed by atoms with Crippen molar-refractivity contribution in [2.45, 2.75) is 39.3 Å². The molecule has 0 bridgehead atoms. The third kappa shape index (κ3) is 2.81. The smallest absolute Gasteiger partial charge is 0.127 e. The number of rotatable bonds is 4. The van der Waals surface area contributed by atoms with E-state index in [0.717, 1.165) is 12.0 Å². The van der Waals surface area contributed by atoms with Crippen LogP contribution < -0.4 is 5.32 Å². The molecular weight excluding hydrogens is 177 g/mol. The highest BCUT2D eigenvalue weighted by Gasteiger charge is 2.11. The molecule has 0 aliphatic carbocycles. The zero-order valence-corrected chi connectivity index (χ0v) is 9.05. The van der Waals surface area contributed by atoms with Crippen molar-refractivity contribution in [1.82, 2.24) is 5.32 Å². The second-order valence-corrected chi connectivity index (χ2v) is 3.72. The summed E-state index contributed by atoms with van der Waals surface area (Å²) in [5.41, 5.74) is 0.743. The van der Waals surface area contributed by atoms with Gasteiger partial charge in [-0.1, -0.05) is 25.1 Å². The number of hydrogen-bond acceptors (Lipinski definition) is 1. The molecule has 14 heavy (non-hydrogen) atoms. The summed E-state index contributed by atoms with van der Waals surface area (Å²) < 4.78 is 13.4. The van der Waals surface area contributed by atoms with Crippen molar-refractivity contribution in [3.8, 4) is 0 Å². The van der Waals surface area contributed by atoms with Crippen LogP contribution in [0.5, 0.6) is 0 Å². The van der Waals surface area contributed by atoms with E-state index in [2.05, 4.69) is 19.2 Å². The van der Waals surface area contributed by atoms with E-state index >= 15 is 0 Å². The lowest BCUT2D eigenvalue weighted by atomic mass is 10.1. The number of benzene rings is 1. The summed E-state index contributed by atoms with van der Waals surface area (Å²) in [5.74, 6) is -0.129. The normalized spacial score (nSPS) is 15.1. The zero-order chi connectivity index (χ0) is 10.6. The summed E-state index contributed by atoms with van der Waals surface area (Å²) >= 11 is 0. The van der Waals surface area contributed by atoms with Crippen LogP contribution in [0, 0.1) is 5.82 Å². The molecule has 1 nitrogen and oxygen atoms in total. The summed E-state index contributed by atoms with van der Waals surface area (Å²) in [4.78, 5) is 0. The van der Waals surface area contributed by atoms with Crippen molar-refractivity contribution >= 4 is 0 Å². The van der Waals surface area contributed by atoms with Gasteiger partial charge in [-0.15, -0.1) is 0 Å².